The van der Waals surface area contributed by atoms with Gasteiger partial charge in [0.25, 0.3) is 0 Å². The number of aliphatic hydroxyl groups excluding tert-OH is 1. The van der Waals surface area contributed by atoms with Crippen LogP contribution in [0, 0.1) is 6.92 Å². The van der Waals surface area contributed by atoms with Crippen LogP contribution in [0.2, 0.25) is 0 Å². The highest BCUT2D eigenvalue weighted by molar-refractivity contribution is 5.09. The van der Waals surface area contributed by atoms with Crippen molar-refractivity contribution in [1.82, 2.24) is 9.78 Å². The van der Waals surface area contributed by atoms with Crippen molar-refractivity contribution in [3.8, 4) is 0 Å². The molecule has 1 N–H and O–H groups in total. The number of aromatic nitrogens is 2. The first-order valence-corrected chi connectivity index (χ1v) is 6.45. The molecule has 1 atom stereocenters. The second-order valence-corrected chi connectivity index (χ2v) is 4.34. The second-order valence-electron chi connectivity index (χ2n) is 4.34. The Labute approximate surface area is 109 Å². The van der Waals surface area contributed by atoms with E-state index in [1.165, 1.54) is 0 Å². The monoisotopic (exact) mass is 256 g/mol. The van der Waals surface area contributed by atoms with E-state index < -0.39 is 0 Å². The fourth-order valence-corrected chi connectivity index (χ4v) is 1.84. The fourth-order valence-electron chi connectivity index (χ4n) is 1.84. The van der Waals surface area contributed by atoms with Gasteiger partial charge < -0.3 is 14.6 Å². The molecule has 5 heteroatoms. The van der Waals surface area contributed by atoms with Crippen LogP contribution in [-0.4, -0.2) is 47.9 Å². The van der Waals surface area contributed by atoms with Crippen molar-refractivity contribution >= 4 is 0 Å². The predicted octanol–water partition coefficient (Wildman–Crippen LogP) is 1.17. The molecule has 1 rings (SSSR count). The van der Waals surface area contributed by atoms with Crippen molar-refractivity contribution in [2.45, 2.75) is 39.3 Å². The van der Waals surface area contributed by atoms with Crippen LogP contribution in [-0.2, 0) is 22.4 Å². The van der Waals surface area contributed by atoms with Crippen molar-refractivity contribution < 1.29 is 14.6 Å². The van der Waals surface area contributed by atoms with E-state index in [9.17, 15) is 5.11 Å². The van der Waals surface area contributed by atoms with Crippen LogP contribution in [0.5, 0.6) is 0 Å². The molecule has 0 aliphatic rings. The molecule has 1 heterocycles. The third-order valence-electron chi connectivity index (χ3n) is 2.76. The van der Waals surface area contributed by atoms with Crippen molar-refractivity contribution in [1.29, 1.82) is 0 Å². The molecule has 5 nitrogen and oxygen atoms in total. The van der Waals surface area contributed by atoms with E-state index in [0.29, 0.717) is 32.7 Å². The van der Waals surface area contributed by atoms with Gasteiger partial charge in [0.15, 0.2) is 0 Å². The minimum atomic E-state index is -0.381. The number of nitrogens with zero attached hydrogens (tertiary/aromatic N) is 2. The topological polar surface area (TPSA) is 56.5 Å². The first-order chi connectivity index (χ1) is 8.67. The first kappa shape index (κ1) is 15.1. The molecule has 1 aromatic rings. The number of hydrogen-bond acceptors (Lipinski definition) is 4. The summed E-state index contributed by atoms with van der Waals surface area (Å²) in [7, 11) is 1.65. The van der Waals surface area contributed by atoms with Gasteiger partial charge in [-0.3, -0.25) is 4.68 Å². The third-order valence-corrected chi connectivity index (χ3v) is 2.76. The number of aliphatic hydroxyl groups is 1. The largest absolute Gasteiger partial charge is 0.393 e. The molecule has 18 heavy (non-hydrogen) atoms. The van der Waals surface area contributed by atoms with E-state index in [0.717, 1.165) is 17.9 Å². The molecule has 1 aromatic heterocycles. The molecule has 1 unspecified atom stereocenters. The molecular weight excluding hydrogens is 232 g/mol. The summed E-state index contributed by atoms with van der Waals surface area (Å²) in [6.45, 7) is 6.59. The van der Waals surface area contributed by atoms with Crippen LogP contribution in [0.3, 0.4) is 0 Å². The number of rotatable bonds is 9. The van der Waals surface area contributed by atoms with E-state index >= 15 is 0 Å². The average molecular weight is 256 g/mol. The Hall–Kier alpha value is -0.910. The predicted molar refractivity (Wildman–Crippen MR) is 69.7 cm³/mol. The maximum absolute atomic E-state index is 9.94. The normalized spacial score (nSPS) is 12.9. The summed E-state index contributed by atoms with van der Waals surface area (Å²) in [5, 5.41) is 14.3. The number of aryl methyl sites for hydroxylation is 2. The molecule has 0 fully saturated rings. The van der Waals surface area contributed by atoms with E-state index in [1.54, 1.807) is 7.11 Å². The summed E-state index contributed by atoms with van der Waals surface area (Å²) in [6, 6.07) is 2.03. The van der Waals surface area contributed by atoms with Gasteiger partial charge in [0.2, 0.25) is 0 Å². The zero-order valence-electron chi connectivity index (χ0n) is 11.6. The van der Waals surface area contributed by atoms with Gasteiger partial charge in [-0.1, -0.05) is 0 Å². The average Bonchev–Trinajstić information content (AvgIpc) is 2.69. The summed E-state index contributed by atoms with van der Waals surface area (Å²) in [4.78, 5) is 0. The van der Waals surface area contributed by atoms with Crippen LogP contribution < -0.4 is 0 Å². The van der Waals surface area contributed by atoms with E-state index in [1.807, 2.05) is 17.7 Å². The Balaban J connectivity index is 2.28. The van der Waals surface area contributed by atoms with Gasteiger partial charge in [0.05, 0.1) is 25.0 Å². The third kappa shape index (κ3) is 5.16. The van der Waals surface area contributed by atoms with Gasteiger partial charge >= 0.3 is 0 Å². The molecule has 0 aliphatic carbocycles. The minimum Gasteiger partial charge on any atom is -0.393 e. The molecular formula is C13H24N2O3. The van der Waals surface area contributed by atoms with Crippen molar-refractivity contribution in [2.75, 3.05) is 26.9 Å². The van der Waals surface area contributed by atoms with E-state index in [-0.39, 0.29) is 6.10 Å². The number of hydrogen-bond donors (Lipinski definition) is 1. The van der Waals surface area contributed by atoms with Crippen molar-refractivity contribution in [2.24, 2.45) is 0 Å². The summed E-state index contributed by atoms with van der Waals surface area (Å²) < 4.78 is 12.2. The van der Waals surface area contributed by atoms with Gasteiger partial charge in [-0.2, -0.15) is 5.10 Å². The van der Waals surface area contributed by atoms with Crippen molar-refractivity contribution in [3.63, 3.8) is 0 Å². The molecule has 104 valence electrons. The van der Waals surface area contributed by atoms with Gasteiger partial charge in [-0.05, 0) is 26.3 Å². The zero-order chi connectivity index (χ0) is 13.4. The lowest BCUT2D eigenvalue weighted by molar-refractivity contribution is 0.0475. The lowest BCUT2D eigenvalue weighted by atomic mass is 10.1. The molecule has 0 saturated heterocycles. The minimum absolute atomic E-state index is 0.381. The SMILES string of the molecule is CCn1nc(C)cc1CC(O)CCOCCOC. The molecule has 0 spiro atoms. The molecule has 0 bridgehead atoms. The van der Waals surface area contributed by atoms with E-state index in [2.05, 4.69) is 12.0 Å². The van der Waals surface area contributed by atoms with Crippen molar-refractivity contribution in [3.05, 3.63) is 17.5 Å². The van der Waals surface area contributed by atoms with Crippen LogP contribution >= 0.6 is 0 Å². The Morgan fingerprint density at radius 3 is 2.83 bits per heavy atom. The van der Waals surface area contributed by atoms with E-state index in [4.69, 9.17) is 9.47 Å². The second kappa shape index (κ2) is 8.24. The lowest BCUT2D eigenvalue weighted by Gasteiger charge is -2.11. The summed E-state index contributed by atoms with van der Waals surface area (Å²) in [5.74, 6) is 0. The highest BCUT2D eigenvalue weighted by atomic mass is 16.5. The maximum atomic E-state index is 9.94. The van der Waals surface area contributed by atoms with Gasteiger partial charge in [0.1, 0.15) is 0 Å². The Kier molecular flexibility index (Phi) is 6.93. The van der Waals surface area contributed by atoms with Gasteiger partial charge in [-0.15, -0.1) is 0 Å². The molecule has 0 amide bonds. The standard InChI is InChI=1S/C13H24N2O3/c1-4-15-12(9-11(2)14-15)10-13(16)5-6-18-8-7-17-3/h9,13,16H,4-8,10H2,1-3H3. The summed E-state index contributed by atoms with van der Waals surface area (Å²) >= 11 is 0. The molecule has 0 aliphatic heterocycles. The maximum Gasteiger partial charge on any atom is 0.0700 e. The smallest absolute Gasteiger partial charge is 0.0700 e. The number of methoxy groups -OCH3 is 1. The molecule has 0 radical (unpaired) electrons. The Morgan fingerprint density at radius 1 is 1.39 bits per heavy atom. The van der Waals surface area contributed by atoms with Gasteiger partial charge in [0, 0.05) is 32.4 Å². The lowest BCUT2D eigenvalue weighted by Crippen LogP contribution is -2.17. The highest BCUT2D eigenvalue weighted by Crippen LogP contribution is 2.09. The zero-order valence-corrected chi connectivity index (χ0v) is 11.6. The van der Waals surface area contributed by atoms with Crippen LogP contribution in [0.4, 0.5) is 0 Å². The fraction of sp³-hybridized carbons (Fsp3) is 0.769. The molecule has 0 aromatic carbocycles. The van der Waals surface area contributed by atoms with Crippen LogP contribution in [0.25, 0.3) is 0 Å². The number of ether oxygens (including phenoxy) is 2. The molecule has 0 saturated carbocycles. The van der Waals surface area contributed by atoms with Gasteiger partial charge in [-0.25, -0.2) is 0 Å². The highest BCUT2D eigenvalue weighted by Gasteiger charge is 2.10. The quantitative estimate of drug-likeness (QED) is 0.674. The Bertz CT molecular complexity index is 339. The van der Waals surface area contributed by atoms with Crippen LogP contribution in [0.15, 0.2) is 6.07 Å². The first-order valence-electron chi connectivity index (χ1n) is 6.45. The summed E-state index contributed by atoms with van der Waals surface area (Å²) in [5.41, 5.74) is 2.08. The Morgan fingerprint density at radius 2 is 2.17 bits per heavy atom. The van der Waals surface area contributed by atoms with Crippen LogP contribution in [0.1, 0.15) is 24.7 Å². The summed E-state index contributed by atoms with van der Waals surface area (Å²) in [6.07, 6.45) is 0.883.